The second kappa shape index (κ2) is 6.55. The maximum absolute atomic E-state index is 12.3. The number of hydrogen-bond donors (Lipinski definition) is 1. The van der Waals surface area contributed by atoms with Crippen LogP contribution in [-0.2, 0) is 14.8 Å². The van der Waals surface area contributed by atoms with Crippen LogP contribution in [0.5, 0.6) is 0 Å². The standard InChI is InChI=1S/C14H21N3O3S/c1-16(21(19,20)13-5-3-2-4-6-13)11-14(18)17-9-7-12(15)8-10-17/h2-6,12H,7-11,15H2,1H3. The summed E-state index contributed by atoms with van der Waals surface area (Å²) in [6.07, 6.45) is 1.53. The Morgan fingerprint density at radius 1 is 1.29 bits per heavy atom. The Labute approximate surface area is 125 Å². The van der Waals surface area contributed by atoms with E-state index in [2.05, 4.69) is 0 Å². The molecule has 1 aliphatic rings. The Morgan fingerprint density at radius 3 is 2.43 bits per heavy atom. The Hall–Kier alpha value is -1.44. The summed E-state index contributed by atoms with van der Waals surface area (Å²) >= 11 is 0. The summed E-state index contributed by atoms with van der Waals surface area (Å²) in [5.41, 5.74) is 5.80. The van der Waals surface area contributed by atoms with E-state index in [1.54, 1.807) is 23.1 Å². The summed E-state index contributed by atoms with van der Waals surface area (Å²) in [4.78, 5) is 14.0. The van der Waals surface area contributed by atoms with Gasteiger partial charge >= 0.3 is 0 Å². The summed E-state index contributed by atoms with van der Waals surface area (Å²) in [7, 11) is -2.20. The highest BCUT2D eigenvalue weighted by Gasteiger charge is 2.26. The van der Waals surface area contributed by atoms with Gasteiger partial charge in [-0.05, 0) is 25.0 Å². The predicted molar refractivity (Wildman–Crippen MR) is 80.0 cm³/mol. The Kier molecular flexibility index (Phi) is 4.97. The highest BCUT2D eigenvalue weighted by molar-refractivity contribution is 7.89. The summed E-state index contributed by atoms with van der Waals surface area (Å²) in [5, 5.41) is 0. The zero-order chi connectivity index (χ0) is 15.5. The predicted octanol–water partition coefficient (Wildman–Crippen LogP) is 0.257. The molecule has 0 aromatic heterocycles. The number of carbonyl (C=O) groups excluding carboxylic acids is 1. The van der Waals surface area contributed by atoms with Crippen LogP contribution in [0.15, 0.2) is 35.2 Å². The van der Waals surface area contributed by atoms with Gasteiger partial charge in [-0.15, -0.1) is 0 Å². The van der Waals surface area contributed by atoms with Gasteiger partial charge in [0.25, 0.3) is 0 Å². The molecule has 1 amide bonds. The van der Waals surface area contributed by atoms with E-state index in [4.69, 9.17) is 5.73 Å². The van der Waals surface area contributed by atoms with Crippen LogP contribution in [-0.4, -0.2) is 56.3 Å². The molecule has 1 aliphatic heterocycles. The molecule has 7 heteroatoms. The summed E-state index contributed by atoms with van der Waals surface area (Å²) in [5.74, 6) is -0.177. The number of carbonyl (C=O) groups is 1. The molecule has 1 aromatic rings. The molecular weight excluding hydrogens is 290 g/mol. The topological polar surface area (TPSA) is 83.7 Å². The fourth-order valence-electron chi connectivity index (χ4n) is 2.30. The van der Waals surface area contributed by atoms with Crippen LogP contribution in [0, 0.1) is 0 Å². The second-order valence-electron chi connectivity index (χ2n) is 5.29. The van der Waals surface area contributed by atoms with Gasteiger partial charge in [0.15, 0.2) is 0 Å². The van der Waals surface area contributed by atoms with Crippen LogP contribution < -0.4 is 5.73 Å². The number of likely N-dealkylation sites (tertiary alicyclic amines) is 1. The molecule has 1 saturated heterocycles. The molecule has 0 aliphatic carbocycles. The van der Waals surface area contributed by atoms with Gasteiger partial charge in [-0.1, -0.05) is 18.2 Å². The maximum Gasteiger partial charge on any atom is 0.243 e. The summed E-state index contributed by atoms with van der Waals surface area (Å²) in [6, 6.07) is 8.26. The van der Waals surface area contributed by atoms with E-state index in [0.29, 0.717) is 13.1 Å². The van der Waals surface area contributed by atoms with Gasteiger partial charge in [0, 0.05) is 26.2 Å². The van der Waals surface area contributed by atoms with Crippen molar-refractivity contribution in [2.24, 2.45) is 5.73 Å². The molecule has 0 bridgehead atoms. The molecule has 2 rings (SSSR count). The first-order valence-corrected chi connectivity index (χ1v) is 8.40. The monoisotopic (exact) mass is 311 g/mol. The fraction of sp³-hybridized carbons (Fsp3) is 0.500. The van der Waals surface area contributed by atoms with Gasteiger partial charge in [0.1, 0.15) is 0 Å². The van der Waals surface area contributed by atoms with E-state index >= 15 is 0 Å². The highest BCUT2D eigenvalue weighted by atomic mass is 32.2. The number of nitrogens with two attached hydrogens (primary N) is 1. The lowest BCUT2D eigenvalue weighted by atomic mass is 10.1. The molecule has 0 saturated carbocycles. The molecule has 2 N–H and O–H groups in total. The fourth-order valence-corrected chi connectivity index (χ4v) is 3.44. The molecule has 0 unspecified atom stereocenters. The third-order valence-electron chi connectivity index (χ3n) is 3.70. The van der Waals surface area contributed by atoms with Crippen molar-refractivity contribution in [3.05, 3.63) is 30.3 Å². The first-order valence-electron chi connectivity index (χ1n) is 6.96. The number of piperidine rings is 1. The van der Waals surface area contributed by atoms with Crippen LogP contribution in [0.1, 0.15) is 12.8 Å². The second-order valence-corrected chi connectivity index (χ2v) is 7.34. The minimum absolute atomic E-state index is 0.139. The number of likely N-dealkylation sites (N-methyl/N-ethyl adjacent to an activating group) is 1. The first-order chi connectivity index (χ1) is 9.91. The minimum atomic E-state index is -3.62. The average Bonchev–Trinajstić information content (AvgIpc) is 2.48. The van der Waals surface area contributed by atoms with Gasteiger partial charge in [-0.25, -0.2) is 8.42 Å². The lowest BCUT2D eigenvalue weighted by Crippen LogP contribution is -2.47. The van der Waals surface area contributed by atoms with E-state index in [9.17, 15) is 13.2 Å². The quantitative estimate of drug-likeness (QED) is 0.864. The molecule has 1 fully saturated rings. The van der Waals surface area contributed by atoms with E-state index in [1.165, 1.54) is 19.2 Å². The van der Waals surface area contributed by atoms with Crippen molar-refractivity contribution in [2.45, 2.75) is 23.8 Å². The maximum atomic E-state index is 12.3. The number of benzene rings is 1. The normalized spacial score (nSPS) is 17.2. The molecule has 1 heterocycles. The van der Waals surface area contributed by atoms with Crippen molar-refractivity contribution in [1.82, 2.24) is 9.21 Å². The van der Waals surface area contributed by atoms with Crippen LogP contribution in [0.2, 0.25) is 0 Å². The molecule has 116 valence electrons. The molecule has 0 spiro atoms. The van der Waals surface area contributed by atoms with Gasteiger partial charge in [0.2, 0.25) is 15.9 Å². The SMILES string of the molecule is CN(CC(=O)N1CCC(N)CC1)S(=O)(=O)c1ccccc1. The van der Waals surface area contributed by atoms with E-state index < -0.39 is 10.0 Å². The van der Waals surface area contributed by atoms with Crippen LogP contribution in [0.3, 0.4) is 0 Å². The van der Waals surface area contributed by atoms with Crippen LogP contribution in [0.25, 0.3) is 0 Å². The van der Waals surface area contributed by atoms with Crippen LogP contribution >= 0.6 is 0 Å². The zero-order valence-electron chi connectivity index (χ0n) is 12.1. The Bertz CT molecular complexity index is 581. The highest BCUT2D eigenvalue weighted by Crippen LogP contribution is 2.14. The summed E-state index contributed by atoms with van der Waals surface area (Å²) < 4.78 is 25.8. The molecule has 6 nitrogen and oxygen atoms in total. The summed E-state index contributed by atoms with van der Waals surface area (Å²) in [6.45, 7) is 1.05. The zero-order valence-corrected chi connectivity index (χ0v) is 12.9. The molecule has 1 aromatic carbocycles. The molecule has 0 atom stereocenters. The third kappa shape index (κ3) is 3.81. The number of nitrogens with zero attached hydrogens (tertiary/aromatic N) is 2. The third-order valence-corrected chi connectivity index (χ3v) is 5.52. The molecule has 21 heavy (non-hydrogen) atoms. The Balaban J connectivity index is 2.01. The first kappa shape index (κ1) is 15.9. The molecular formula is C14H21N3O3S. The van der Waals surface area contributed by atoms with Gasteiger partial charge in [0.05, 0.1) is 11.4 Å². The van der Waals surface area contributed by atoms with Crippen molar-refractivity contribution in [1.29, 1.82) is 0 Å². The number of sulfonamides is 1. The van der Waals surface area contributed by atoms with E-state index in [-0.39, 0.29) is 23.4 Å². The number of hydrogen-bond acceptors (Lipinski definition) is 4. The van der Waals surface area contributed by atoms with E-state index in [0.717, 1.165) is 17.1 Å². The van der Waals surface area contributed by atoms with Crippen molar-refractivity contribution >= 4 is 15.9 Å². The van der Waals surface area contributed by atoms with Gasteiger partial charge in [-0.2, -0.15) is 4.31 Å². The lowest BCUT2D eigenvalue weighted by Gasteiger charge is -2.31. The Morgan fingerprint density at radius 2 is 1.86 bits per heavy atom. The molecule has 0 radical (unpaired) electrons. The minimum Gasteiger partial charge on any atom is -0.341 e. The largest absolute Gasteiger partial charge is 0.341 e. The lowest BCUT2D eigenvalue weighted by molar-refractivity contribution is -0.132. The van der Waals surface area contributed by atoms with Gasteiger partial charge < -0.3 is 10.6 Å². The van der Waals surface area contributed by atoms with E-state index in [1.807, 2.05) is 0 Å². The van der Waals surface area contributed by atoms with Crippen molar-refractivity contribution in [3.8, 4) is 0 Å². The average molecular weight is 311 g/mol. The van der Waals surface area contributed by atoms with Crippen molar-refractivity contribution < 1.29 is 13.2 Å². The number of rotatable bonds is 4. The van der Waals surface area contributed by atoms with Crippen molar-refractivity contribution in [3.63, 3.8) is 0 Å². The number of amides is 1. The smallest absolute Gasteiger partial charge is 0.243 e. The van der Waals surface area contributed by atoms with Crippen molar-refractivity contribution in [2.75, 3.05) is 26.7 Å². The van der Waals surface area contributed by atoms with Crippen LogP contribution in [0.4, 0.5) is 0 Å². The van der Waals surface area contributed by atoms with Gasteiger partial charge in [-0.3, -0.25) is 4.79 Å².